The van der Waals surface area contributed by atoms with Gasteiger partial charge in [-0.05, 0) is 29.4 Å². The van der Waals surface area contributed by atoms with Crippen molar-refractivity contribution in [2.45, 2.75) is 12.7 Å². The van der Waals surface area contributed by atoms with Gasteiger partial charge in [0.25, 0.3) is 0 Å². The zero-order valence-electron chi connectivity index (χ0n) is 14.5. The Hall–Kier alpha value is -1.51. The lowest BCUT2D eigenvalue weighted by Crippen LogP contribution is -2.25. The first-order chi connectivity index (χ1) is 12.4. The maximum absolute atomic E-state index is 5.69. The van der Waals surface area contributed by atoms with Crippen LogP contribution < -0.4 is 15.9 Å². The van der Waals surface area contributed by atoms with Crippen LogP contribution in [0.4, 0.5) is 0 Å². The Balaban J connectivity index is 0.00000196. The summed E-state index contributed by atoms with van der Waals surface area (Å²) < 4.78 is 11.4. The second-order valence-electron chi connectivity index (χ2n) is 6.01. The fourth-order valence-electron chi connectivity index (χ4n) is 3.19. The van der Waals surface area contributed by atoms with E-state index in [0.717, 1.165) is 6.42 Å². The lowest BCUT2D eigenvalue weighted by atomic mass is 10.1. The summed E-state index contributed by atoms with van der Waals surface area (Å²) in [5.74, 6) is 0. The second-order valence-corrected chi connectivity index (χ2v) is 8.20. The molecule has 3 aromatic rings. The third-order valence-electron chi connectivity index (χ3n) is 4.34. The number of halogens is 1. The highest BCUT2D eigenvalue weighted by Crippen LogP contribution is 2.34. The third kappa shape index (κ3) is 4.42. The average Bonchev–Trinajstić information content (AvgIpc) is 3.18. The van der Waals surface area contributed by atoms with Crippen molar-refractivity contribution in [2.75, 3.05) is 13.2 Å². The largest absolute Gasteiger partial charge is 0.350 e. The maximum atomic E-state index is 5.69. The highest BCUT2D eigenvalue weighted by atomic mass is 79.9. The number of ether oxygens (including phenoxy) is 2. The Morgan fingerprint density at radius 1 is 0.692 bits per heavy atom. The van der Waals surface area contributed by atoms with E-state index in [0.29, 0.717) is 13.2 Å². The first kappa shape index (κ1) is 19.3. The van der Waals surface area contributed by atoms with Gasteiger partial charge in [0.2, 0.25) is 0 Å². The molecule has 3 aromatic carbocycles. The number of hydrogen-bond acceptors (Lipinski definition) is 2. The molecule has 0 amide bonds. The Morgan fingerprint density at radius 3 is 1.77 bits per heavy atom. The van der Waals surface area contributed by atoms with E-state index in [9.17, 15) is 0 Å². The molecule has 2 nitrogen and oxygen atoms in total. The molecule has 0 aromatic heterocycles. The van der Waals surface area contributed by atoms with E-state index in [4.69, 9.17) is 9.47 Å². The first-order valence-corrected chi connectivity index (χ1v) is 9.97. The normalized spacial score (nSPS) is 14.3. The Kier molecular flexibility index (Phi) is 6.99. The van der Waals surface area contributed by atoms with Crippen molar-refractivity contribution >= 4 is 40.8 Å². The van der Waals surface area contributed by atoms with E-state index in [1.54, 1.807) is 0 Å². The summed E-state index contributed by atoms with van der Waals surface area (Å²) in [6.45, 7) is 1.39. The quantitative estimate of drug-likeness (QED) is 0.573. The fourth-order valence-corrected chi connectivity index (χ4v) is 5.67. The lowest BCUT2D eigenvalue weighted by molar-refractivity contribution is -0.0398. The van der Waals surface area contributed by atoms with Crippen molar-refractivity contribution in [1.29, 1.82) is 0 Å². The van der Waals surface area contributed by atoms with E-state index in [1.807, 2.05) is 0 Å². The smallest absolute Gasteiger partial charge is 0.161 e. The zero-order chi connectivity index (χ0) is 16.9. The van der Waals surface area contributed by atoms with Gasteiger partial charge >= 0.3 is 0 Å². The number of hydrogen-bond donors (Lipinski definition) is 0. The van der Waals surface area contributed by atoms with Crippen molar-refractivity contribution in [3.63, 3.8) is 0 Å². The Bertz CT molecular complexity index is 765. The predicted molar refractivity (Wildman–Crippen MR) is 115 cm³/mol. The van der Waals surface area contributed by atoms with Crippen LogP contribution in [-0.4, -0.2) is 19.5 Å². The monoisotopic (exact) mass is 428 g/mol. The number of benzene rings is 3. The average molecular weight is 429 g/mol. The molecule has 1 aliphatic rings. The summed E-state index contributed by atoms with van der Waals surface area (Å²) in [7, 11) is -0.598. The van der Waals surface area contributed by atoms with Crippen molar-refractivity contribution in [1.82, 2.24) is 0 Å². The molecule has 0 radical (unpaired) electrons. The molecule has 0 saturated carbocycles. The van der Waals surface area contributed by atoms with E-state index in [2.05, 4.69) is 84.9 Å². The molecule has 0 N–H and O–H groups in total. The highest BCUT2D eigenvalue weighted by molar-refractivity contribution is 8.93. The molecule has 0 bridgehead atoms. The van der Waals surface area contributed by atoms with Crippen LogP contribution >= 0.6 is 24.9 Å². The molecule has 134 valence electrons. The molecule has 26 heavy (non-hydrogen) atoms. The van der Waals surface area contributed by atoms with Crippen LogP contribution in [0.15, 0.2) is 84.9 Å². The van der Waals surface area contributed by atoms with Crippen molar-refractivity contribution in [2.24, 2.45) is 0 Å². The van der Waals surface area contributed by atoms with Crippen molar-refractivity contribution < 1.29 is 9.47 Å². The SMILES string of the molecule is Br.c1ccc(P(c2ccccc2)c2ccccc2CC2OCCO2)cc1. The number of rotatable bonds is 5. The fraction of sp³-hybridized carbons (Fsp3) is 0.182. The van der Waals surface area contributed by atoms with Gasteiger partial charge in [-0.2, -0.15) is 0 Å². The van der Waals surface area contributed by atoms with Gasteiger partial charge in [-0.3, -0.25) is 0 Å². The molecule has 4 heteroatoms. The molecule has 1 heterocycles. The molecule has 1 saturated heterocycles. The van der Waals surface area contributed by atoms with Crippen LogP contribution in [-0.2, 0) is 15.9 Å². The van der Waals surface area contributed by atoms with Gasteiger partial charge in [-0.1, -0.05) is 84.9 Å². The van der Waals surface area contributed by atoms with Crippen LogP contribution in [0.1, 0.15) is 5.56 Å². The van der Waals surface area contributed by atoms with Crippen molar-refractivity contribution in [3.05, 3.63) is 90.5 Å². The molecular formula is C22H22BrO2P. The summed E-state index contributed by atoms with van der Waals surface area (Å²) in [5, 5.41) is 4.11. The van der Waals surface area contributed by atoms with Gasteiger partial charge in [-0.25, -0.2) is 0 Å². The van der Waals surface area contributed by atoms with E-state index in [1.165, 1.54) is 21.5 Å². The summed E-state index contributed by atoms with van der Waals surface area (Å²) in [6.07, 6.45) is 0.679. The molecule has 1 aliphatic heterocycles. The summed E-state index contributed by atoms with van der Waals surface area (Å²) >= 11 is 0. The van der Waals surface area contributed by atoms with Crippen molar-refractivity contribution in [3.8, 4) is 0 Å². The van der Waals surface area contributed by atoms with Gasteiger partial charge in [-0.15, -0.1) is 17.0 Å². The zero-order valence-corrected chi connectivity index (χ0v) is 17.1. The molecule has 1 fully saturated rings. The minimum Gasteiger partial charge on any atom is -0.350 e. The lowest BCUT2D eigenvalue weighted by Gasteiger charge is -2.23. The minimum absolute atomic E-state index is 0. The molecule has 4 rings (SSSR count). The summed E-state index contributed by atoms with van der Waals surface area (Å²) in [4.78, 5) is 0. The maximum Gasteiger partial charge on any atom is 0.161 e. The van der Waals surface area contributed by atoms with Crippen LogP contribution in [0, 0.1) is 0 Å². The van der Waals surface area contributed by atoms with Crippen LogP contribution in [0.25, 0.3) is 0 Å². The topological polar surface area (TPSA) is 18.5 Å². The highest BCUT2D eigenvalue weighted by Gasteiger charge is 2.22. The summed E-state index contributed by atoms with van der Waals surface area (Å²) in [5.41, 5.74) is 1.31. The molecule has 0 spiro atoms. The van der Waals surface area contributed by atoms with Crippen LogP contribution in [0.3, 0.4) is 0 Å². The van der Waals surface area contributed by atoms with Gasteiger partial charge in [0.1, 0.15) is 0 Å². The Labute approximate surface area is 166 Å². The van der Waals surface area contributed by atoms with Crippen LogP contribution in [0.2, 0.25) is 0 Å². The molecule has 0 unspecified atom stereocenters. The van der Waals surface area contributed by atoms with Crippen LogP contribution in [0.5, 0.6) is 0 Å². The molecular weight excluding hydrogens is 407 g/mol. The van der Waals surface area contributed by atoms with Gasteiger partial charge < -0.3 is 9.47 Å². The van der Waals surface area contributed by atoms with E-state index < -0.39 is 7.92 Å². The first-order valence-electron chi connectivity index (χ1n) is 8.63. The van der Waals surface area contributed by atoms with Gasteiger partial charge in [0.05, 0.1) is 13.2 Å². The second kappa shape index (κ2) is 9.43. The third-order valence-corrected chi connectivity index (χ3v) is 6.89. The van der Waals surface area contributed by atoms with Gasteiger partial charge in [0.15, 0.2) is 6.29 Å². The van der Waals surface area contributed by atoms with E-state index >= 15 is 0 Å². The van der Waals surface area contributed by atoms with E-state index in [-0.39, 0.29) is 23.3 Å². The molecule has 0 atom stereocenters. The predicted octanol–water partition coefficient (Wildman–Crippen LogP) is 3.94. The standard InChI is InChI=1S/C22H21O2P.BrH/c1-3-10-19(11-4-1)25(20-12-5-2-6-13-20)21-14-8-7-9-18(21)17-22-23-15-16-24-22;/h1-14,22H,15-17H2;1H. The summed E-state index contributed by atoms with van der Waals surface area (Å²) in [6, 6.07) is 30.3. The molecule has 0 aliphatic carbocycles. The van der Waals surface area contributed by atoms with Gasteiger partial charge in [0, 0.05) is 6.42 Å². The minimum atomic E-state index is -0.598. The Morgan fingerprint density at radius 2 is 1.19 bits per heavy atom.